The molecule has 0 unspecified atom stereocenters. The van der Waals surface area contributed by atoms with E-state index >= 15 is 0 Å². The van der Waals surface area contributed by atoms with Crippen molar-refractivity contribution in [1.82, 2.24) is 0 Å². The van der Waals surface area contributed by atoms with Gasteiger partial charge in [0.05, 0.1) is 0 Å². The van der Waals surface area contributed by atoms with Crippen LogP contribution in [0.1, 0.15) is 11.1 Å². The summed E-state index contributed by atoms with van der Waals surface area (Å²) in [5, 5.41) is 0. The molecule has 10 heavy (non-hydrogen) atoms. The van der Waals surface area contributed by atoms with Crippen LogP contribution >= 0.6 is 0 Å². The van der Waals surface area contributed by atoms with Crippen LogP contribution in [0.3, 0.4) is 0 Å². The van der Waals surface area contributed by atoms with Crippen LogP contribution < -0.4 is 5.73 Å². The molecule has 49 valence electrons. The van der Waals surface area contributed by atoms with Gasteiger partial charge in [-0.05, 0) is 37.1 Å². The molecule has 2 heteroatoms. The van der Waals surface area contributed by atoms with E-state index in [4.69, 9.17) is 5.73 Å². The van der Waals surface area contributed by atoms with Crippen LogP contribution in [0.25, 0.3) is 0 Å². The first-order valence-electron chi connectivity index (χ1n) is 3.02. The number of benzene rings is 1. The van der Waals surface area contributed by atoms with Gasteiger partial charge in [0.1, 0.15) is 0 Å². The number of nitrogens with two attached hydrogens (primary N) is 1. The van der Waals surface area contributed by atoms with Crippen molar-refractivity contribution in [1.29, 1.82) is 0 Å². The molecule has 1 rings (SSSR count). The fraction of sp³-hybridized carbons (Fsp3) is 0.250. The fourth-order valence-corrected chi connectivity index (χ4v) is 1.01. The molecule has 0 saturated heterocycles. The predicted molar refractivity (Wildman–Crippen MR) is 46.1 cm³/mol. The molecule has 0 atom stereocenters. The summed E-state index contributed by atoms with van der Waals surface area (Å²) in [7, 11) is 0. The van der Waals surface area contributed by atoms with Crippen LogP contribution in [0, 0.1) is 13.8 Å². The van der Waals surface area contributed by atoms with Crippen molar-refractivity contribution < 1.29 is 0 Å². The van der Waals surface area contributed by atoms with Crippen LogP contribution in [0.4, 0.5) is 5.69 Å². The largest absolute Gasteiger partial charge is 0.399 e. The van der Waals surface area contributed by atoms with Crippen LogP contribution in [-0.4, -0.2) is 29.6 Å². The Labute approximate surface area is 83.9 Å². The molecule has 1 aromatic carbocycles. The first-order chi connectivity index (χ1) is 4.18. The molecule has 0 amide bonds. The third-order valence-corrected chi connectivity index (χ3v) is 1.24. The minimum absolute atomic E-state index is 0. The summed E-state index contributed by atoms with van der Waals surface area (Å²) < 4.78 is 0. The number of anilines is 1. The Bertz CT molecular complexity index is 170. The quantitative estimate of drug-likeness (QED) is 0.433. The van der Waals surface area contributed by atoms with Crippen LogP contribution in [-0.2, 0) is 0 Å². The number of nitrogen functional groups attached to an aromatic ring is 1. The van der Waals surface area contributed by atoms with Crippen LogP contribution in [0.2, 0.25) is 0 Å². The van der Waals surface area contributed by atoms with E-state index in [1.165, 1.54) is 11.1 Å². The SMILES string of the molecule is Cc1cc(C)cc(N)c1.[Na]. The average Bonchev–Trinajstić information content (AvgIpc) is 1.59. The monoisotopic (exact) mass is 144 g/mol. The Morgan fingerprint density at radius 3 is 1.70 bits per heavy atom. The first-order valence-corrected chi connectivity index (χ1v) is 3.02. The van der Waals surface area contributed by atoms with E-state index in [-0.39, 0.29) is 29.6 Å². The Morgan fingerprint density at radius 1 is 1.00 bits per heavy atom. The van der Waals surface area contributed by atoms with Crippen LogP contribution in [0.15, 0.2) is 18.2 Å². The van der Waals surface area contributed by atoms with E-state index in [1.807, 2.05) is 26.0 Å². The summed E-state index contributed by atoms with van der Waals surface area (Å²) in [6, 6.07) is 6.04. The number of rotatable bonds is 0. The summed E-state index contributed by atoms with van der Waals surface area (Å²) in [6.07, 6.45) is 0. The zero-order valence-electron chi connectivity index (χ0n) is 6.81. The van der Waals surface area contributed by atoms with Gasteiger partial charge in [0.15, 0.2) is 0 Å². The topological polar surface area (TPSA) is 26.0 Å². The Kier molecular flexibility index (Phi) is 4.02. The van der Waals surface area contributed by atoms with Gasteiger partial charge in [-0.15, -0.1) is 0 Å². The zero-order valence-corrected chi connectivity index (χ0v) is 8.81. The zero-order chi connectivity index (χ0) is 6.85. The van der Waals surface area contributed by atoms with Crippen molar-refractivity contribution in [2.45, 2.75) is 13.8 Å². The van der Waals surface area contributed by atoms with E-state index in [0.29, 0.717) is 0 Å². The third kappa shape index (κ3) is 2.74. The van der Waals surface area contributed by atoms with E-state index in [0.717, 1.165) is 5.69 Å². The summed E-state index contributed by atoms with van der Waals surface area (Å²) in [6.45, 7) is 4.09. The standard InChI is InChI=1S/C8H11N.Na/c1-6-3-7(2)5-8(9)4-6;/h3-5H,9H2,1-2H3;. The van der Waals surface area contributed by atoms with Gasteiger partial charge in [0.2, 0.25) is 0 Å². The van der Waals surface area contributed by atoms with Gasteiger partial charge < -0.3 is 5.73 Å². The third-order valence-electron chi connectivity index (χ3n) is 1.24. The molecule has 1 nitrogen and oxygen atoms in total. The van der Waals surface area contributed by atoms with Gasteiger partial charge in [-0.2, -0.15) is 0 Å². The molecule has 2 N–H and O–H groups in total. The molecule has 0 aliphatic heterocycles. The van der Waals surface area contributed by atoms with Crippen molar-refractivity contribution in [3.05, 3.63) is 29.3 Å². The maximum Gasteiger partial charge on any atom is 0.0319 e. The molecule has 0 saturated carbocycles. The van der Waals surface area contributed by atoms with Crippen molar-refractivity contribution in [2.24, 2.45) is 0 Å². The molecule has 0 aliphatic carbocycles. The van der Waals surface area contributed by atoms with E-state index in [9.17, 15) is 0 Å². The summed E-state index contributed by atoms with van der Waals surface area (Å²) in [5.41, 5.74) is 8.87. The maximum atomic E-state index is 5.56. The first kappa shape index (κ1) is 10.0. The smallest absolute Gasteiger partial charge is 0.0319 e. The Morgan fingerprint density at radius 2 is 1.40 bits per heavy atom. The van der Waals surface area contributed by atoms with Gasteiger partial charge in [0.25, 0.3) is 0 Å². The number of hydrogen-bond donors (Lipinski definition) is 1. The van der Waals surface area contributed by atoms with Crippen molar-refractivity contribution in [3.8, 4) is 0 Å². The molecule has 0 aliphatic rings. The Hall–Kier alpha value is 0.0200. The second kappa shape index (κ2) is 4.02. The number of aryl methyl sites for hydroxylation is 2. The molecule has 1 radical (unpaired) electrons. The minimum atomic E-state index is 0. The van der Waals surface area contributed by atoms with Gasteiger partial charge in [-0.25, -0.2) is 0 Å². The van der Waals surface area contributed by atoms with Gasteiger partial charge in [-0.3, -0.25) is 0 Å². The average molecular weight is 144 g/mol. The van der Waals surface area contributed by atoms with Gasteiger partial charge >= 0.3 is 0 Å². The molecular formula is C8H11NNa. The van der Waals surface area contributed by atoms with E-state index in [2.05, 4.69) is 6.07 Å². The second-order valence-corrected chi connectivity index (χ2v) is 2.42. The summed E-state index contributed by atoms with van der Waals surface area (Å²) >= 11 is 0. The summed E-state index contributed by atoms with van der Waals surface area (Å²) in [5.74, 6) is 0. The predicted octanol–water partition coefficient (Wildman–Crippen LogP) is 1.50. The van der Waals surface area contributed by atoms with Crippen molar-refractivity contribution >= 4 is 35.2 Å². The van der Waals surface area contributed by atoms with Gasteiger partial charge in [-0.1, -0.05) is 6.07 Å². The van der Waals surface area contributed by atoms with Crippen LogP contribution in [0.5, 0.6) is 0 Å². The van der Waals surface area contributed by atoms with Crippen molar-refractivity contribution in [3.63, 3.8) is 0 Å². The fourth-order valence-electron chi connectivity index (χ4n) is 1.01. The molecule has 0 spiro atoms. The Balaban J connectivity index is 0.000000810. The number of hydrogen-bond acceptors (Lipinski definition) is 1. The van der Waals surface area contributed by atoms with Crippen molar-refractivity contribution in [2.75, 3.05) is 5.73 Å². The normalized spacial score (nSPS) is 8.60. The molecule has 1 aromatic rings. The van der Waals surface area contributed by atoms with E-state index < -0.39 is 0 Å². The molecule has 0 heterocycles. The molecular weight excluding hydrogens is 133 g/mol. The molecule has 0 fully saturated rings. The summed E-state index contributed by atoms with van der Waals surface area (Å²) in [4.78, 5) is 0. The van der Waals surface area contributed by atoms with Gasteiger partial charge in [0, 0.05) is 35.2 Å². The molecule has 0 aromatic heterocycles. The maximum absolute atomic E-state index is 5.56. The minimum Gasteiger partial charge on any atom is -0.399 e. The molecule has 0 bridgehead atoms. The van der Waals surface area contributed by atoms with E-state index in [1.54, 1.807) is 0 Å². The second-order valence-electron chi connectivity index (χ2n) is 2.42.